The summed E-state index contributed by atoms with van der Waals surface area (Å²) in [6.07, 6.45) is 1.58. The quantitative estimate of drug-likeness (QED) is 0.166. The van der Waals surface area contributed by atoms with Crippen molar-refractivity contribution in [1.82, 2.24) is 4.90 Å². The van der Waals surface area contributed by atoms with Crippen LogP contribution in [0.1, 0.15) is 24.3 Å². The standard InChI is InChI=1S/C28H22BrCl2N3O8/c1-32-25(38)27(30)11-18-15(21(28(27,31)26(32)39)17-8-12(29)9-19(42-2)22(17)35)6-7-16-20(18)24(37)33(23(16)36)13-4-3-5-14(10-13)34(40)41/h3-6,8-10,16,18,20-21,35H,7,11H2,1-2H3. The van der Waals surface area contributed by atoms with Gasteiger partial charge in [0, 0.05) is 35.1 Å². The van der Waals surface area contributed by atoms with Crippen molar-refractivity contribution in [3.63, 3.8) is 0 Å². The Kier molecular flexibility index (Phi) is 6.49. The Morgan fingerprint density at radius 2 is 1.81 bits per heavy atom. The zero-order valence-corrected chi connectivity index (χ0v) is 25.1. The van der Waals surface area contributed by atoms with Gasteiger partial charge in [0.15, 0.2) is 21.2 Å². The van der Waals surface area contributed by atoms with Gasteiger partial charge in [-0.25, -0.2) is 4.90 Å². The summed E-state index contributed by atoms with van der Waals surface area (Å²) in [4.78, 5) is 63.4. The molecule has 4 amide bonds. The van der Waals surface area contributed by atoms with Crippen LogP contribution in [0.4, 0.5) is 11.4 Å². The molecule has 2 heterocycles. The lowest BCUT2D eigenvalue weighted by Gasteiger charge is -2.50. The molecule has 11 nitrogen and oxygen atoms in total. The van der Waals surface area contributed by atoms with Gasteiger partial charge in [0.05, 0.1) is 29.6 Å². The maximum Gasteiger partial charge on any atom is 0.271 e. The summed E-state index contributed by atoms with van der Waals surface area (Å²) in [6.45, 7) is 0. The fourth-order valence-corrected chi connectivity index (χ4v) is 8.53. The molecule has 2 saturated heterocycles. The number of hydrogen-bond donors (Lipinski definition) is 1. The number of amides is 4. The first-order valence-electron chi connectivity index (χ1n) is 12.9. The molecule has 0 radical (unpaired) electrons. The molecule has 14 heteroatoms. The summed E-state index contributed by atoms with van der Waals surface area (Å²) in [5.74, 6) is -6.77. The average Bonchev–Trinajstić information content (AvgIpc) is 3.29. The number of allylic oxidation sites excluding steroid dienone is 2. The Hall–Kier alpha value is -3.48. The summed E-state index contributed by atoms with van der Waals surface area (Å²) in [5.41, 5.74) is 0.398. The van der Waals surface area contributed by atoms with E-state index >= 15 is 0 Å². The number of carbonyl (C=O) groups excluding carboxylic acids is 4. The third-order valence-electron chi connectivity index (χ3n) is 8.91. The molecule has 2 aliphatic carbocycles. The van der Waals surface area contributed by atoms with Gasteiger partial charge in [-0.3, -0.25) is 34.2 Å². The number of phenolic OH excluding ortho intramolecular Hbond substituents is 1. The number of anilines is 1. The van der Waals surface area contributed by atoms with Gasteiger partial charge >= 0.3 is 0 Å². The van der Waals surface area contributed by atoms with Crippen LogP contribution >= 0.6 is 39.1 Å². The number of nitrogens with zero attached hydrogens (tertiary/aromatic N) is 3. The van der Waals surface area contributed by atoms with Crippen molar-refractivity contribution in [2.24, 2.45) is 17.8 Å². The van der Waals surface area contributed by atoms with Crippen molar-refractivity contribution >= 4 is 74.1 Å². The van der Waals surface area contributed by atoms with Gasteiger partial charge in [0.2, 0.25) is 11.8 Å². The molecule has 3 fully saturated rings. The number of methoxy groups -OCH3 is 1. The van der Waals surface area contributed by atoms with Gasteiger partial charge < -0.3 is 9.84 Å². The number of non-ortho nitro benzene ring substituents is 1. The molecule has 0 spiro atoms. The van der Waals surface area contributed by atoms with E-state index < -0.39 is 62.0 Å². The number of aromatic hydroxyl groups is 1. The third kappa shape index (κ3) is 3.58. The first-order valence-corrected chi connectivity index (χ1v) is 14.4. The second-order valence-corrected chi connectivity index (χ2v) is 13.0. The van der Waals surface area contributed by atoms with E-state index in [1.165, 1.54) is 38.4 Å². The Morgan fingerprint density at radius 3 is 2.48 bits per heavy atom. The summed E-state index contributed by atoms with van der Waals surface area (Å²) < 4.78 is 5.81. The maximum absolute atomic E-state index is 14.0. The molecule has 42 heavy (non-hydrogen) atoms. The Morgan fingerprint density at radius 1 is 1.10 bits per heavy atom. The summed E-state index contributed by atoms with van der Waals surface area (Å²) >= 11 is 17.7. The minimum atomic E-state index is -2.08. The van der Waals surface area contributed by atoms with Gasteiger partial charge in [0.25, 0.3) is 17.5 Å². The number of likely N-dealkylation sites (tertiary alicyclic amines) is 1. The highest BCUT2D eigenvalue weighted by atomic mass is 79.9. The van der Waals surface area contributed by atoms with E-state index in [9.17, 15) is 34.4 Å². The monoisotopic (exact) mass is 677 g/mol. The number of nitro groups is 1. The Balaban J connectivity index is 1.53. The number of imide groups is 2. The summed E-state index contributed by atoms with van der Waals surface area (Å²) in [6, 6.07) is 8.29. The summed E-state index contributed by atoms with van der Waals surface area (Å²) in [5, 5.41) is 22.6. The van der Waals surface area contributed by atoms with Gasteiger partial charge in [-0.05, 0) is 37.0 Å². The van der Waals surface area contributed by atoms with E-state index in [0.717, 1.165) is 15.9 Å². The first kappa shape index (κ1) is 28.6. The number of alkyl halides is 2. The van der Waals surface area contributed by atoms with E-state index in [-0.39, 0.29) is 41.3 Å². The van der Waals surface area contributed by atoms with Gasteiger partial charge in [0.1, 0.15) is 0 Å². The van der Waals surface area contributed by atoms with Crippen LogP contribution in [0, 0.1) is 27.9 Å². The topological polar surface area (TPSA) is 147 Å². The number of carbonyl (C=O) groups is 4. The molecular formula is C28H22BrCl2N3O8. The van der Waals surface area contributed by atoms with Crippen molar-refractivity contribution in [1.29, 1.82) is 0 Å². The molecule has 1 saturated carbocycles. The maximum atomic E-state index is 14.0. The van der Waals surface area contributed by atoms with Crippen LogP contribution in [0.3, 0.4) is 0 Å². The van der Waals surface area contributed by atoms with E-state index in [2.05, 4.69) is 15.9 Å². The molecular weight excluding hydrogens is 657 g/mol. The Labute approximate surface area is 257 Å². The van der Waals surface area contributed by atoms with Crippen LogP contribution in [0.25, 0.3) is 0 Å². The molecule has 0 aromatic heterocycles. The molecule has 6 atom stereocenters. The van der Waals surface area contributed by atoms with E-state index in [0.29, 0.717) is 10.0 Å². The highest BCUT2D eigenvalue weighted by Crippen LogP contribution is 2.66. The van der Waals surface area contributed by atoms with Gasteiger partial charge in [-0.1, -0.05) is 33.6 Å². The SMILES string of the molecule is COc1cc(Br)cc(C2C3=CCC4C(=O)N(c5cccc([N+](=O)[O-])c5)C(=O)C4C3CC3(Cl)C(=O)N(C)C(=O)C23Cl)c1O. The van der Waals surface area contributed by atoms with Gasteiger partial charge in [-0.15, -0.1) is 23.2 Å². The molecule has 2 aliphatic heterocycles. The zero-order chi connectivity index (χ0) is 30.5. The molecule has 6 unspecified atom stereocenters. The van der Waals surface area contributed by atoms with Crippen LogP contribution in [0.5, 0.6) is 11.5 Å². The van der Waals surface area contributed by atoms with E-state index in [1.807, 2.05) is 0 Å². The molecule has 2 aromatic rings. The van der Waals surface area contributed by atoms with Crippen molar-refractivity contribution in [2.45, 2.75) is 28.5 Å². The molecule has 2 aromatic carbocycles. The average molecular weight is 679 g/mol. The molecule has 218 valence electrons. The fourth-order valence-electron chi connectivity index (χ4n) is 7.06. The Bertz CT molecular complexity index is 1670. The van der Waals surface area contributed by atoms with Crippen molar-refractivity contribution in [2.75, 3.05) is 19.1 Å². The highest BCUT2D eigenvalue weighted by molar-refractivity contribution is 9.10. The van der Waals surface area contributed by atoms with Crippen molar-refractivity contribution in [3.8, 4) is 11.5 Å². The number of nitro benzene ring substituents is 1. The number of fused-ring (bicyclic) bond motifs is 4. The van der Waals surface area contributed by atoms with Crippen LogP contribution in [-0.4, -0.2) is 62.5 Å². The lowest BCUT2D eigenvalue weighted by molar-refractivity contribution is -0.384. The second kappa shape index (κ2) is 9.51. The normalized spacial score (nSPS) is 32.0. The molecule has 0 bridgehead atoms. The van der Waals surface area contributed by atoms with Crippen LogP contribution < -0.4 is 9.64 Å². The lowest BCUT2D eigenvalue weighted by atomic mass is 9.56. The van der Waals surface area contributed by atoms with Crippen LogP contribution in [-0.2, 0) is 19.2 Å². The van der Waals surface area contributed by atoms with Gasteiger partial charge in [-0.2, -0.15) is 0 Å². The smallest absolute Gasteiger partial charge is 0.271 e. The lowest BCUT2D eigenvalue weighted by Crippen LogP contribution is -2.60. The zero-order valence-electron chi connectivity index (χ0n) is 22.0. The molecule has 6 rings (SSSR count). The van der Waals surface area contributed by atoms with Crippen LogP contribution in [0.15, 0.2) is 52.5 Å². The molecule has 4 aliphatic rings. The van der Waals surface area contributed by atoms with Crippen molar-refractivity contribution < 1.29 is 33.9 Å². The largest absolute Gasteiger partial charge is 0.504 e. The number of phenols is 1. The van der Waals surface area contributed by atoms with E-state index in [1.54, 1.807) is 12.1 Å². The predicted octanol–water partition coefficient (Wildman–Crippen LogP) is 4.26. The predicted molar refractivity (Wildman–Crippen MR) is 153 cm³/mol. The molecule has 1 N–H and O–H groups in total. The number of halogens is 3. The number of rotatable bonds is 4. The minimum absolute atomic E-state index is 0.0519. The van der Waals surface area contributed by atoms with E-state index in [4.69, 9.17) is 27.9 Å². The number of ether oxygens (including phenoxy) is 1. The van der Waals surface area contributed by atoms with Crippen molar-refractivity contribution in [3.05, 3.63) is 68.2 Å². The number of benzene rings is 2. The van der Waals surface area contributed by atoms with Crippen LogP contribution in [0.2, 0.25) is 0 Å². The number of hydrogen-bond acceptors (Lipinski definition) is 8. The summed E-state index contributed by atoms with van der Waals surface area (Å²) in [7, 11) is 2.62. The second-order valence-electron chi connectivity index (χ2n) is 10.8. The fraction of sp³-hybridized carbons (Fsp3) is 0.357. The minimum Gasteiger partial charge on any atom is -0.504 e. The first-order chi connectivity index (χ1) is 19.8. The highest BCUT2D eigenvalue weighted by Gasteiger charge is 2.76. The third-order valence-corrected chi connectivity index (χ3v) is 10.8.